The first-order chi connectivity index (χ1) is 15.5. The number of carbonyl (C=O) groups excluding carboxylic acids is 2. The van der Waals surface area contributed by atoms with Gasteiger partial charge in [0.05, 0.1) is 18.2 Å². The molecule has 0 spiro atoms. The van der Waals surface area contributed by atoms with Crippen LogP contribution >= 0.6 is 0 Å². The lowest BCUT2D eigenvalue weighted by Crippen LogP contribution is -2.24. The molecule has 4 aromatic rings. The van der Waals surface area contributed by atoms with Crippen molar-refractivity contribution in [1.29, 1.82) is 0 Å². The van der Waals surface area contributed by atoms with Crippen LogP contribution in [0.3, 0.4) is 0 Å². The van der Waals surface area contributed by atoms with Crippen molar-refractivity contribution < 1.29 is 18.7 Å². The number of nitrogens with zero attached hydrogens (tertiary/aromatic N) is 1. The molecule has 0 radical (unpaired) electrons. The lowest BCUT2D eigenvalue weighted by molar-refractivity contribution is -0.116. The first-order valence-corrected chi connectivity index (χ1v) is 9.82. The Labute approximate surface area is 182 Å². The Kier molecular flexibility index (Phi) is 5.81. The third-order valence-electron chi connectivity index (χ3n) is 4.99. The summed E-state index contributed by atoms with van der Waals surface area (Å²) < 4.78 is 20.5. The average molecular weight is 430 g/mol. The summed E-state index contributed by atoms with van der Waals surface area (Å²) in [6, 6.07) is 18.9. The van der Waals surface area contributed by atoms with Gasteiger partial charge >= 0.3 is 0 Å². The standard InChI is InChI=1S/C25H19FN2O4/c1-32-19-9-5-8-18(13-19)27-23(29)15-28-14-21(24(30)16-6-3-2-4-7-16)25(31)20-12-17(26)10-11-22(20)28/h2-14H,15H2,1H3,(H,27,29). The number of halogens is 1. The molecular weight excluding hydrogens is 411 g/mol. The summed E-state index contributed by atoms with van der Waals surface area (Å²) in [5, 5.41) is 2.79. The summed E-state index contributed by atoms with van der Waals surface area (Å²) >= 11 is 0. The highest BCUT2D eigenvalue weighted by molar-refractivity contribution is 6.10. The Morgan fingerprint density at radius 2 is 1.78 bits per heavy atom. The van der Waals surface area contributed by atoms with Crippen LogP contribution in [0.5, 0.6) is 5.75 Å². The highest BCUT2D eigenvalue weighted by Gasteiger charge is 2.18. The number of benzene rings is 3. The lowest BCUT2D eigenvalue weighted by Gasteiger charge is -2.14. The molecular formula is C25H19FN2O4. The number of hydrogen-bond acceptors (Lipinski definition) is 4. The third kappa shape index (κ3) is 4.27. The molecule has 0 aliphatic rings. The first-order valence-electron chi connectivity index (χ1n) is 9.82. The highest BCUT2D eigenvalue weighted by atomic mass is 19.1. The number of fused-ring (bicyclic) bond motifs is 1. The molecule has 0 saturated carbocycles. The van der Waals surface area contributed by atoms with Gasteiger partial charge in [-0.15, -0.1) is 0 Å². The van der Waals surface area contributed by atoms with Gasteiger partial charge in [0.15, 0.2) is 5.78 Å². The summed E-state index contributed by atoms with van der Waals surface area (Å²) in [6.07, 6.45) is 1.35. The van der Waals surface area contributed by atoms with E-state index in [0.29, 0.717) is 22.5 Å². The largest absolute Gasteiger partial charge is 0.497 e. The molecule has 32 heavy (non-hydrogen) atoms. The maximum atomic E-state index is 13.9. The second-order valence-corrected chi connectivity index (χ2v) is 7.14. The van der Waals surface area contributed by atoms with Crippen LogP contribution in [0.25, 0.3) is 10.9 Å². The molecule has 0 saturated heterocycles. The molecule has 1 heterocycles. The van der Waals surface area contributed by atoms with Crippen LogP contribution in [0.1, 0.15) is 15.9 Å². The fourth-order valence-electron chi connectivity index (χ4n) is 3.46. The van der Waals surface area contributed by atoms with E-state index in [9.17, 15) is 18.8 Å². The fraction of sp³-hybridized carbons (Fsp3) is 0.0800. The number of aromatic nitrogens is 1. The van der Waals surface area contributed by atoms with E-state index in [1.165, 1.54) is 30.0 Å². The van der Waals surface area contributed by atoms with E-state index >= 15 is 0 Å². The Bertz CT molecular complexity index is 1380. The molecule has 6 nitrogen and oxygen atoms in total. The minimum atomic E-state index is -0.605. The Morgan fingerprint density at radius 1 is 1.00 bits per heavy atom. The molecule has 7 heteroatoms. The van der Waals surface area contributed by atoms with Crippen molar-refractivity contribution in [3.63, 3.8) is 0 Å². The van der Waals surface area contributed by atoms with Crippen molar-refractivity contribution in [2.45, 2.75) is 6.54 Å². The van der Waals surface area contributed by atoms with E-state index in [1.54, 1.807) is 54.6 Å². The van der Waals surface area contributed by atoms with Gasteiger partial charge in [-0.05, 0) is 30.3 Å². The Morgan fingerprint density at radius 3 is 2.53 bits per heavy atom. The first kappa shape index (κ1) is 21.0. The normalized spacial score (nSPS) is 10.7. The number of amides is 1. The Balaban J connectivity index is 1.74. The van der Waals surface area contributed by atoms with Gasteiger partial charge in [0.1, 0.15) is 18.1 Å². The minimum Gasteiger partial charge on any atom is -0.497 e. The van der Waals surface area contributed by atoms with Crippen molar-refractivity contribution in [3.8, 4) is 5.75 Å². The predicted octanol–water partition coefficient (Wildman–Crippen LogP) is 4.02. The van der Waals surface area contributed by atoms with E-state index < -0.39 is 17.0 Å². The molecule has 1 amide bonds. The number of anilines is 1. The number of ether oxygens (including phenoxy) is 1. The predicted molar refractivity (Wildman–Crippen MR) is 120 cm³/mol. The minimum absolute atomic E-state index is 0.0287. The molecule has 0 bridgehead atoms. The number of methoxy groups -OCH3 is 1. The molecule has 1 N–H and O–H groups in total. The molecule has 0 fully saturated rings. The van der Waals surface area contributed by atoms with Crippen molar-refractivity contribution >= 4 is 28.3 Å². The second kappa shape index (κ2) is 8.85. The number of carbonyl (C=O) groups is 2. The topological polar surface area (TPSA) is 77.4 Å². The summed E-state index contributed by atoms with van der Waals surface area (Å²) in [6.45, 7) is -0.186. The van der Waals surface area contributed by atoms with Gasteiger partial charge in [-0.25, -0.2) is 4.39 Å². The molecule has 0 atom stereocenters. The zero-order chi connectivity index (χ0) is 22.7. The van der Waals surface area contributed by atoms with Gasteiger partial charge in [0, 0.05) is 28.9 Å². The zero-order valence-corrected chi connectivity index (χ0v) is 17.2. The van der Waals surface area contributed by atoms with Crippen LogP contribution < -0.4 is 15.5 Å². The molecule has 0 aliphatic heterocycles. The van der Waals surface area contributed by atoms with E-state index in [-0.39, 0.29) is 23.4 Å². The highest BCUT2D eigenvalue weighted by Crippen LogP contribution is 2.18. The summed E-state index contributed by atoms with van der Waals surface area (Å²) in [4.78, 5) is 38.7. The van der Waals surface area contributed by atoms with E-state index in [2.05, 4.69) is 5.32 Å². The van der Waals surface area contributed by atoms with Gasteiger partial charge in [-0.2, -0.15) is 0 Å². The molecule has 1 aromatic heterocycles. The Hall–Kier alpha value is -4.26. The number of pyridine rings is 1. The number of hydrogen-bond donors (Lipinski definition) is 1. The van der Waals surface area contributed by atoms with E-state index in [0.717, 1.165) is 6.07 Å². The SMILES string of the molecule is COc1cccc(NC(=O)Cn2cc(C(=O)c3ccccc3)c(=O)c3cc(F)ccc32)c1. The van der Waals surface area contributed by atoms with Crippen LogP contribution in [0.2, 0.25) is 0 Å². The maximum Gasteiger partial charge on any atom is 0.244 e. The number of nitrogens with one attached hydrogen (secondary N) is 1. The number of rotatable bonds is 6. The lowest BCUT2D eigenvalue weighted by atomic mass is 10.0. The summed E-state index contributed by atoms with van der Waals surface area (Å²) in [5.41, 5.74) is 0.488. The molecule has 3 aromatic carbocycles. The van der Waals surface area contributed by atoms with Crippen LogP contribution in [0.4, 0.5) is 10.1 Å². The summed E-state index contributed by atoms with van der Waals surface area (Å²) in [7, 11) is 1.53. The second-order valence-electron chi connectivity index (χ2n) is 7.14. The van der Waals surface area contributed by atoms with Crippen LogP contribution in [0.15, 0.2) is 83.8 Å². The molecule has 160 valence electrons. The van der Waals surface area contributed by atoms with Crippen molar-refractivity contribution in [2.75, 3.05) is 12.4 Å². The van der Waals surface area contributed by atoms with E-state index in [1.807, 2.05) is 0 Å². The quantitative estimate of drug-likeness (QED) is 0.469. The monoisotopic (exact) mass is 430 g/mol. The molecule has 0 unspecified atom stereocenters. The number of ketones is 1. The van der Waals surface area contributed by atoms with Crippen molar-refractivity contribution in [3.05, 3.63) is 106 Å². The van der Waals surface area contributed by atoms with Crippen molar-refractivity contribution in [1.82, 2.24) is 4.57 Å². The molecule has 4 rings (SSSR count). The van der Waals surface area contributed by atoms with Gasteiger partial charge in [-0.3, -0.25) is 14.4 Å². The maximum absolute atomic E-state index is 13.9. The fourth-order valence-corrected chi connectivity index (χ4v) is 3.46. The van der Waals surface area contributed by atoms with Crippen LogP contribution in [-0.2, 0) is 11.3 Å². The van der Waals surface area contributed by atoms with Crippen molar-refractivity contribution in [2.24, 2.45) is 0 Å². The smallest absolute Gasteiger partial charge is 0.244 e. The molecule has 0 aliphatic carbocycles. The average Bonchev–Trinajstić information content (AvgIpc) is 2.81. The van der Waals surface area contributed by atoms with Gasteiger partial charge < -0.3 is 14.6 Å². The van der Waals surface area contributed by atoms with Gasteiger partial charge in [0.2, 0.25) is 11.3 Å². The third-order valence-corrected chi connectivity index (χ3v) is 4.99. The van der Waals surface area contributed by atoms with Gasteiger partial charge in [0.25, 0.3) is 0 Å². The van der Waals surface area contributed by atoms with Gasteiger partial charge in [-0.1, -0.05) is 36.4 Å². The summed E-state index contributed by atoms with van der Waals surface area (Å²) in [5.74, 6) is -0.900. The van der Waals surface area contributed by atoms with Crippen LogP contribution in [-0.4, -0.2) is 23.4 Å². The van der Waals surface area contributed by atoms with Crippen LogP contribution in [0, 0.1) is 5.82 Å². The van der Waals surface area contributed by atoms with E-state index in [4.69, 9.17) is 4.74 Å². The zero-order valence-electron chi connectivity index (χ0n) is 17.2.